The van der Waals surface area contributed by atoms with Crippen molar-refractivity contribution >= 4 is 41.7 Å². The van der Waals surface area contributed by atoms with Gasteiger partial charge in [0.1, 0.15) is 73.3 Å². The second kappa shape index (κ2) is 19.6. The Morgan fingerprint density at radius 2 is 1.07 bits per heavy atom. The number of nitrogens with zero attached hydrogens (tertiary/aromatic N) is 6. The smallest absolute Gasteiger partial charge is 0.324 e. The summed E-state index contributed by atoms with van der Waals surface area (Å²) in [6.45, 7) is 1.53. The Bertz CT molecular complexity index is 1760. The topological polar surface area (TPSA) is 189 Å². The van der Waals surface area contributed by atoms with E-state index in [1.165, 1.54) is 14.2 Å². The Labute approximate surface area is 327 Å². The molecule has 0 bridgehead atoms. The summed E-state index contributed by atoms with van der Waals surface area (Å²) < 4.78 is 59.1. The van der Waals surface area contributed by atoms with Crippen LogP contribution in [0.2, 0.25) is 0 Å². The van der Waals surface area contributed by atoms with E-state index in [9.17, 15) is 14.8 Å². The van der Waals surface area contributed by atoms with Crippen molar-refractivity contribution in [2.75, 3.05) is 104 Å². The minimum atomic E-state index is -3.46. The van der Waals surface area contributed by atoms with Crippen molar-refractivity contribution in [3.8, 4) is 11.5 Å². The van der Waals surface area contributed by atoms with Gasteiger partial charge in [-0.15, -0.1) is 0 Å². The molecule has 306 valence electrons. The highest BCUT2D eigenvalue weighted by Gasteiger charge is 2.41. The molecule has 17 nitrogen and oxygen atoms in total. The van der Waals surface area contributed by atoms with Gasteiger partial charge in [-0.1, -0.05) is 12.1 Å². The van der Waals surface area contributed by atoms with Crippen molar-refractivity contribution in [2.24, 2.45) is 11.8 Å². The maximum absolute atomic E-state index is 13.5. The number of benzene rings is 2. The number of aromatic nitrogens is 4. The van der Waals surface area contributed by atoms with E-state index in [1.807, 2.05) is 36.4 Å². The molecule has 2 aliphatic heterocycles. The summed E-state index contributed by atoms with van der Waals surface area (Å²) in [5, 5.41) is 22.8. The largest absolute Gasteiger partial charge is 0.494 e. The van der Waals surface area contributed by atoms with Gasteiger partial charge in [0.25, 0.3) is 0 Å². The van der Waals surface area contributed by atoms with Gasteiger partial charge < -0.3 is 48.4 Å². The van der Waals surface area contributed by atoms with Crippen LogP contribution in [0.3, 0.4) is 0 Å². The maximum atomic E-state index is 13.5. The molecule has 0 spiro atoms. The summed E-state index contributed by atoms with van der Waals surface area (Å²) in [6.07, 6.45) is 6.18. The SMILES string of the molecule is COCC(CO)(OCC1CCN(c2ncnc3c(OC)cccc23)CC1)O[PH](=O)OC(CO)(COC)OCC1CCN(c2ncnc3c(OC)cccc23)CC1. The number of aliphatic hydroxyl groups excluding tert-OH is 2. The number of aliphatic hydroxyl groups is 2. The maximum Gasteiger partial charge on any atom is 0.324 e. The van der Waals surface area contributed by atoms with Crippen molar-refractivity contribution in [3.05, 3.63) is 49.1 Å². The number of fused-ring (bicyclic) bond motifs is 2. The van der Waals surface area contributed by atoms with Gasteiger partial charge in [0.15, 0.2) is 0 Å². The number of methoxy groups -OCH3 is 4. The zero-order valence-corrected chi connectivity index (χ0v) is 33.4. The molecule has 2 atom stereocenters. The third-order valence-corrected chi connectivity index (χ3v) is 11.5. The van der Waals surface area contributed by atoms with Crippen LogP contribution in [-0.4, -0.2) is 136 Å². The van der Waals surface area contributed by atoms with Crippen molar-refractivity contribution in [1.29, 1.82) is 0 Å². The molecule has 2 N–H and O–H groups in total. The number of anilines is 2. The molecule has 4 aromatic rings. The quantitative estimate of drug-likeness (QED) is 0.0968. The van der Waals surface area contributed by atoms with E-state index in [4.69, 9.17) is 37.5 Å². The first-order valence-electron chi connectivity index (χ1n) is 18.7. The molecule has 0 amide bonds. The van der Waals surface area contributed by atoms with Gasteiger partial charge in [0.05, 0.1) is 27.4 Å². The molecule has 2 unspecified atom stereocenters. The summed E-state index contributed by atoms with van der Waals surface area (Å²) in [5.74, 6) is -0.287. The highest BCUT2D eigenvalue weighted by molar-refractivity contribution is 7.33. The predicted octanol–water partition coefficient (Wildman–Crippen LogP) is 3.85. The minimum Gasteiger partial charge on any atom is -0.494 e. The fraction of sp³-hybridized carbons (Fsp3) is 0.579. The fourth-order valence-corrected chi connectivity index (χ4v) is 8.32. The van der Waals surface area contributed by atoms with Gasteiger partial charge in [-0.3, -0.25) is 13.6 Å². The molecule has 4 heterocycles. The summed E-state index contributed by atoms with van der Waals surface area (Å²) in [6, 6.07) is 11.6. The first kappa shape index (κ1) is 41.9. The lowest BCUT2D eigenvalue weighted by atomic mass is 9.97. The van der Waals surface area contributed by atoms with Crippen LogP contribution in [0.5, 0.6) is 11.5 Å². The number of hydrogen-bond acceptors (Lipinski definition) is 17. The monoisotopic (exact) mass is 800 g/mol. The van der Waals surface area contributed by atoms with Gasteiger partial charge in [-0.05, 0) is 61.8 Å². The van der Waals surface area contributed by atoms with E-state index in [0.29, 0.717) is 37.7 Å². The summed E-state index contributed by atoms with van der Waals surface area (Å²) >= 11 is 0. The Morgan fingerprint density at radius 1 is 0.661 bits per heavy atom. The van der Waals surface area contributed by atoms with Crippen molar-refractivity contribution in [2.45, 2.75) is 37.3 Å². The molecule has 2 aliphatic rings. The van der Waals surface area contributed by atoms with Crippen LogP contribution < -0.4 is 19.3 Å². The van der Waals surface area contributed by atoms with Crippen LogP contribution in [-0.2, 0) is 32.6 Å². The number of para-hydroxylation sites is 2. The predicted molar refractivity (Wildman–Crippen MR) is 209 cm³/mol. The highest BCUT2D eigenvalue weighted by Crippen LogP contribution is 2.40. The third kappa shape index (κ3) is 9.67. The minimum absolute atomic E-state index is 0.110. The van der Waals surface area contributed by atoms with E-state index >= 15 is 0 Å². The normalized spacial score (nSPS) is 18.5. The van der Waals surface area contributed by atoms with Crippen molar-refractivity contribution in [3.63, 3.8) is 0 Å². The van der Waals surface area contributed by atoms with Crippen LogP contribution in [0.4, 0.5) is 11.6 Å². The lowest BCUT2D eigenvalue weighted by Gasteiger charge is -2.38. The Morgan fingerprint density at radius 3 is 1.43 bits per heavy atom. The number of hydrogen-bond donors (Lipinski definition) is 2. The molecule has 0 radical (unpaired) electrons. The van der Waals surface area contributed by atoms with Crippen LogP contribution in [0.25, 0.3) is 21.8 Å². The summed E-state index contributed by atoms with van der Waals surface area (Å²) in [7, 11) is 2.63. The van der Waals surface area contributed by atoms with Gasteiger partial charge in [-0.25, -0.2) is 19.9 Å². The Balaban J connectivity index is 1.02. The molecule has 2 aromatic heterocycles. The van der Waals surface area contributed by atoms with E-state index in [1.54, 1.807) is 26.9 Å². The van der Waals surface area contributed by atoms with E-state index < -0.39 is 33.0 Å². The van der Waals surface area contributed by atoms with Crippen molar-refractivity contribution < 1.29 is 52.2 Å². The second-order valence-electron chi connectivity index (χ2n) is 14.0. The summed E-state index contributed by atoms with van der Waals surface area (Å²) in [4.78, 5) is 22.4. The van der Waals surface area contributed by atoms with E-state index in [0.717, 1.165) is 59.1 Å². The first-order valence-corrected chi connectivity index (χ1v) is 20.0. The fourth-order valence-electron chi connectivity index (χ4n) is 7.30. The lowest BCUT2D eigenvalue weighted by Crippen LogP contribution is -2.47. The molecule has 2 aromatic carbocycles. The molecule has 0 aliphatic carbocycles. The van der Waals surface area contributed by atoms with Crippen molar-refractivity contribution in [1.82, 2.24) is 19.9 Å². The average molecular weight is 801 g/mol. The average Bonchev–Trinajstić information content (AvgIpc) is 3.24. The van der Waals surface area contributed by atoms with Gasteiger partial charge in [-0.2, -0.15) is 0 Å². The van der Waals surface area contributed by atoms with Gasteiger partial charge >= 0.3 is 8.25 Å². The molecule has 0 saturated carbocycles. The standard InChI is InChI=1S/C38H53N6O11P/c1-48-23-37(21-45,52-19-27-11-15-43(16-12-27)35-29-7-5-9-31(50-3)33(29)39-25-41-35)54-56(47)55-38(22-46,24-49-2)53-20-28-13-17-44(18-14-28)36-30-8-6-10-32(51-4)34(30)40-26-42-36/h5-10,25-28,45-46,56H,11-24H2,1-4H3. The highest BCUT2D eigenvalue weighted by atomic mass is 31.1. The molecular formula is C38H53N6O11P. The first-order chi connectivity index (χ1) is 27.3. The van der Waals surface area contributed by atoms with Gasteiger partial charge in [0, 0.05) is 51.2 Å². The zero-order chi connectivity index (χ0) is 39.5. The molecule has 56 heavy (non-hydrogen) atoms. The van der Waals surface area contributed by atoms with Crippen LogP contribution in [0, 0.1) is 11.8 Å². The Hall–Kier alpha value is -3.77. The number of ether oxygens (including phenoxy) is 6. The number of rotatable bonds is 20. The third-order valence-electron chi connectivity index (χ3n) is 10.4. The molecule has 2 fully saturated rings. The Kier molecular flexibility index (Phi) is 14.6. The molecule has 18 heteroatoms. The van der Waals surface area contributed by atoms with Crippen LogP contribution in [0.15, 0.2) is 49.1 Å². The summed E-state index contributed by atoms with van der Waals surface area (Å²) in [5.41, 5.74) is 1.51. The molecule has 6 rings (SSSR count). The van der Waals surface area contributed by atoms with Crippen LogP contribution >= 0.6 is 8.25 Å². The number of piperidine rings is 2. The molecule has 2 saturated heterocycles. The van der Waals surface area contributed by atoms with E-state index in [-0.39, 0.29) is 38.3 Å². The van der Waals surface area contributed by atoms with E-state index in [2.05, 4.69) is 29.7 Å². The zero-order valence-electron chi connectivity index (χ0n) is 32.4. The second-order valence-corrected chi connectivity index (χ2v) is 15.0. The van der Waals surface area contributed by atoms with Gasteiger partial charge in [0.2, 0.25) is 11.6 Å². The molecular weight excluding hydrogens is 747 g/mol. The lowest BCUT2D eigenvalue weighted by molar-refractivity contribution is -0.259. The van der Waals surface area contributed by atoms with Crippen LogP contribution in [0.1, 0.15) is 25.7 Å².